The number of hydrogen-bond donors (Lipinski definition) is 2. The number of aliphatic hydroxyl groups is 1. The molecule has 1 aliphatic rings. The van der Waals surface area contributed by atoms with Crippen LogP contribution in [0.5, 0.6) is 0 Å². The van der Waals surface area contributed by atoms with Gasteiger partial charge in [-0.3, -0.25) is 24.0 Å². The molecule has 2 N–H and O–H groups in total. The second-order valence-electron chi connectivity index (χ2n) is 6.78. The van der Waals surface area contributed by atoms with E-state index in [0.717, 1.165) is 25.6 Å². The van der Waals surface area contributed by atoms with Gasteiger partial charge in [-0.25, -0.2) is 0 Å². The molecule has 0 aromatic carbocycles. The molecule has 1 amide bonds. The molecule has 0 aliphatic carbocycles. The van der Waals surface area contributed by atoms with Gasteiger partial charge in [-0.1, -0.05) is 0 Å². The third kappa shape index (κ3) is 12.4. The summed E-state index contributed by atoms with van der Waals surface area (Å²) in [6, 6.07) is 0. The first-order valence-corrected chi connectivity index (χ1v) is 10.9. The fourth-order valence-electron chi connectivity index (χ4n) is 2.80. The predicted octanol–water partition coefficient (Wildman–Crippen LogP) is -0.699. The number of thioether (sulfide) groups is 1. The maximum absolute atomic E-state index is 11.7. The minimum Gasteiger partial charge on any atom is -0.469 e. The normalized spacial score (nSPS) is 24.0. The maximum Gasteiger partial charge on any atom is 0.306 e. The van der Waals surface area contributed by atoms with Gasteiger partial charge in [0.1, 0.15) is 24.3 Å². The molecule has 12 nitrogen and oxygen atoms in total. The van der Waals surface area contributed by atoms with Crippen molar-refractivity contribution in [3.63, 3.8) is 0 Å². The molecule has 1 fully saturated rings. The third-order valence-electron chi connectivity index (χ3n) is 4.16. The summed E-state index contributed by atoms with van der Waals surface area (Å²) in [6.45, 7) is 3.39. The SMILES string of the molecule is COC(=O)CCC(=O)NCCSC1OC(COC(C)=O)C(OC(C)=O)C(OC(C)=O)C1O.[Ac]. The van der Waals surface area contributed by atoms with Gasteiger partial charge in [0, 0.05) is 83.6 Å². The van der Waals surface area contributed by atoms with E-state index < -0.39 is 53.7 Å². The number of aliphatic hydroxyl groups excluding tert-OH is 1. The van der Waals surface area contributed by atoms with E-state index in [1.165, 1.54) is 14.0 Å². The van der Waals surface area contributed by atoms with Crippen LogP contribution in [0.25, 0.3) is 0 Å². The summed E-state index contributed by atoms with van der Waals surface area (Å²) in [4.78, 5) is 57.1. The Labute approximate surface area is 231 Å². The molecule has 0 saturated carbocycles. The van der Waals surface area contributed by atoms with E-state index in [0.29, 0.717) is 5.75 Å². The zero-order valence-electron chi connectivity index (χ0n) is 18.9. The molecule has 14 heteroatoms. The Morgan fingerprint density at radius 1 is 0.970 bits per heavy atom. The van der Waals surface area contributed by atoms with Crippen molar-refractivity contribution in [2.75, 3.05) is 26.0 Å². The Morgan fingerprint density at radius 2 is 1.58 bits per heavy atom. The van der Waals surface area contributed by atoms with Crippen molar-refractivity contribution in [3.05, 3.63) is 0 Å². The number of rotatable bonds is 11. The second kappa shape index (κ2) is 16.6. The van der Waals surface area contributed by atoms with E-state index in [9.17, 15) is 29.1 Å². The Kier molecular flexibility index (Phi) is 16.2. The van der Waals surface area contributed by atoms with Crippen LogP contribution in [0, 0.1) is 44.1 Å². The van der Waals surface area contributed by atoms with Gasteiger partial charge in [-0.2, -0.15) is 0 Å². The third-order valence-corrected chi connectivity index (χ3v) is 5.32. The van der Waals surface area contributed by atoms with Crippen LogP contribution in [0.2, 0.25) is 0 Å². The van der Waals surface area contributed by atoms with E-state index in [-0.39, 0.29) is 76.0 Å². The maximum atomic E-state index is 11.7. The fraction of sp³-hybridized carbons (Fsp3) is 0.737. The van der Waals surface area contributed by atoms with Gasteiger partial charge in [0.25, 0.3) is 0 Å². The molecular formula is C19H29AcNO11S. The molecule has 0 spiro atoms. The number of carbonyl (C=O) groups excluding carboxylic acids is 5. The van der Waals surface area contributed by atoms with E-state index in [1.807, 2.05) is 0 Å². The van der Waals surface area contributed by atoms with Gasteiger partial charge >= 0.3 is 23.9 Å². The van der Waals surface area contributed by atoms with Gasteiger partial charge in [0.05, 0.1) is 13.5 Å². The average Bonchev–Trinajstić information content (AvgIpc) is 2.71. The average molecular weight is 707 g/mol. The molecule has 1 aliphatic heterocycles. The first-order valence-electron chi connectivity index (χ1n) is 9.81. The van der Waals surface area contributed by atoms with Crippen molar-refractivity contribution in [2.24, 2.45) is 0 Å². The fourth-order valence-corrected chi connectivity index (χ4v) is 3.82. The van der Waals surface area contributed by atoms with Crippen LogP contribution in [0.3, 0.4) is 0 Å². The van der Waals surface area contributed by atoms with Crippen molar-refractivity contribution < 1.29 is 96.8 Å². The van der Waals surface area contributed by atoms with Crippen molar-refractivity contribution in [1.82, 2.24) is 5.32 Å². The van der Waals surface area contributed by atoms with Gasteiger partial charge in [0.2, 0.25) is 5.91 Å². The smallest absolute Gasteiger partial charge is 0.306 e. The van der Waals surface area contributed by atoms with E-state index in [4.69, 9.17) is 18.9 Å². The minimum absolute atomic E-state index is 0. The van der Waals surface area contributed by atoms with Crippen LogP contribution >= 0.6 is 11.8 Å². The number of hydrogen-bond acceptors (Lipinski definition) is 12. The molecule has 0 bridgehead atoms. The molecule has 1 saturated heterocycles. The van der Waals surface area contributed by atoms with Gasteiger partial charge in [-0.15, -0.1) is 11.8 Å². The number of amides is 1. The second-order valence-corrected chi connectivity index (χ2v) is 7.99. The van der Waals surface area contributed by atoms with Gasteiger partial charge in [0.15, 0.2) is 12.2 Å². The van der Waals surface area contributed by atoms with Crippen LogP contribution in [0.4, 0.5) is 0 Å². The molecule has 1 rings (SSSR count). The van der Waals surface area contributed by atoms with Crippen LogP contribution < -0.4 is 5.32 Å². The molecule has 1 radical (unpaired) electrons. The molecule has 5 atom stereocenters. The van der Waals surface area contributed by atoms with Crippen LogP contribution in [0.15, 0.2) is 0 Å². The molecular weight excluding hydrogens is 677 g/mol. The van der Waals surface area contributed by atoms with Crippen molar-refractivity contribution in [1.29, 1.82) is 0 Å². The van der Waals surface area contributed by atoms with E-state index in [1.54, 1.807) is 0 Å². The van der Waals surface area contributed by atoms with Crippen molar-refractivity contribution >= 4 is 41.5 Å². The first kappa shape index (κ1) is 32.1. The number of ether oxygens (including phenoxy) is 5. The predicted molar refractivity (Wildman–Crippen MR) is 109 cm³/mol. The summed E-state index contributed by atoms with van der Waals surface area (Å²) in [6.07, 6.45) is -4.87. The summed E-state index contributed by atoms with van der Waals surface area (Å²) in [5.41, 5.74) is -0.932. The summed E-state index contributed by atoms with van der Waals surface area (Å²) in [5, 5.41) is 13.3. The summed E-state index contributed by atoms with van der Waals surface area (Å²) < 4.78 is 25.6. The molecule has 1 heterocycles. The zero-order valence-corrected chi connectivity index (χ0v) is 24.5. The summed E-state index contributed by atoms with van der Waals surface area (Å²) >= 11 is 1.12. The summed E-state index contributed by atoms with van der Waals surface area (Å²) in [7, 11) is 1.23. The Bertz CT molecular complexity index is 693. The molecule has 0 aromatic heterocycles. The number of nitrogens with one attached hydrogen (secondary N) is 1. The van der Waals surface area contributed by atoms with Crippen molar-refractivity contribution in [3.8, 4) is 0 Å². The Balaban J connectivity index is 0.0000102. The largest absolute Gasteiger partial charge is 0.469 e. The number of carbonyl (C=O) groups is 5. The number of esters is 4. The van der Waals surface area contributed by atoms with Gasteiger partial charge in [-0.05, 0) is 0 Å². The summed E-state index contributed by atoms with van der Waals surface area (Å²) in [5.74, 6) is -2.54. The first-order chi connectivity index (χ1) is 15.0. The van der Waals surface area contributed by atoms with Crippen LogP contribution in [-0.4, -0.2) is 90.8 Å². The van der Waals surface area contributed by atoms with Gasteiger partial charge < -0.3 is 34.1 Å². The molecule has 185 valence electrons. The molecule has 33 heavy (non-hydrogen) atoms. The minimum atomic E-state index is -1.36. The van der Waals surface area contributed by atoms with Crippen LogP contribution in [-0.2, 0) is 47.7 Å². The Morgan fingerprint density at radius 3 is 2.12 bits per heavy atom. The quantitative estimate of drug-likeness (QED) is 0.158. The van der Waals surface area contributed by atoms with E-state index >= 15 is 0 Å². The molecule has 0 aromatic rings. The topological polar surface area (TPSA) is 164 Å². The standard InChI is InChI=1S/C19H29NO11S.Ac/c1-10(21)28-9-13-17(29-11(2)22)18(30-12(3)23)16(26)19(31-13)32-8-7-20-14(24)5-6-15(25)27-4;/h13,16-19,26H,5-9H2,1-4H3,(H,20,24);. The zero-order chi connectivity index (χ0) is 24.3. The molecule has 5 unspecified atom stereocenters. The Hall–Kier alpha value is -0.938. The number of methoxy groups -OCH3 is 1. The monoisotopic (exact) mass is 706 g/mol. The van der Waals surface area contributed by atoms with E-state index in [2.05, 4.69) is 10.1 Å². The van der Waals surface area contributed by atoms with Crippen molar-refractivity contribution in [2.45, 2.75) is 63.5 Å². The van der Waals surface area contributed by atoms with Crippen LogP contribution in [0.1, 0.15) is 33.6 Å².